The normalized spacial score (nSPS) is 15.5. The Hall–Kier alpha value is -2.43. The number of hydrogen-bond acceptors (Lipinski definition) is 3. The number of anilines is 1. The molecule has 0 aromatic heterocycles. The van der Waals surface area contributed by atoms with Gasteiger partial charge in [-0.25, -0.2) is 4.39 Å². The summed E-state index contributed by atoms with van der Waals surface area (Å²) >= 11 is 0. The first-order chi connectivity index (χ1) is 10.1. The maximum absolute atomic E-state index is 13.1. The first-order valence-electron chi connectivity index (χ1n) is 6.90. The van der Waals surface area contributed by atoms with Crippen molar-refractivity contribution in [2.24, 2.45) is 5.92 Å². The Morgan fingerprint density at radius 2 is 1.81 bits per heavy atom. The van der Waals surface area contributed by atoms with E-state index in [0.717, 1.165) is 18.4 Å². The van der Waals surface area contributed by atoms with Gasteiger partial charge in [0.15, 0.2) is 0 Å². The Labute approximate surface area is 121 Å². The predicted molar refractivity (Wildman–Crippen MR) is 78.6 cm³/mol. The summed E-state index contributed by atoms with van der Waals surface area (Å²) in [6.07, 6.45) is 2.16. The number of nitrogens with zero attached hydrogens (tertiary/aromatic N) is 1. The van der Waals surface area contributed by atoms with Crippen molar-refractivity contribution in [3.05, 3.63) is 70.0 Å². The van der Waals surface area contributed by atoms with Gasteiger partial charge in [0, 0.05) is 6.07 Å². The lowest BCUT2D eigenvalue weighted by molar-refractivity contribution is -0.384. The van der Waals surface area contributed by atoms with Gasteiger partial charge in [-0.2, -0.15) is 0 Å². The van der Waals surface area contributed by atoms with Crippen LogP contribution in [0, 0.1) is 21.8 Å². The summed E-state index contributed by atoms with van der Waals surface area (Å²) in [5.41, 5.74) is 1.52. The number of nitro benzene ring substituents is 1. The van der Waals surface area contributed by atoms with Crippen LogP contribution in [-0.2, 0) is 0 Å². The first-order valence-corrected chi connectivity index (χ1v) is 6.90. The van der Waals surface area contributed by atoms with Crippen LogP contribution in [-0.4, -0.2) is 4.92 Å². The molecule has 0 amide bonds. The van der Waals surface area contributed by atoms with Crippen LogP contribution < -0.4 is 5.32 Å². The molecule has 0 saturated heterocycles. The largest absolute Gasteiger partial charge is 0.372 e. The summed E-state index contributed by atoms with van der Waals surface area (Å²) in [4.78, 5) is 10.7. The highest BCUT2D eigenvalue weighted by Crippen LogP contribution is 2.43. The number of nitro groups is 1. The molecular formula is C16H15FN2O2. The second-order valence-electron chi connectivity index (χ2n) is 5.29. The zero-order valence-electron chi connectivity index (χ0n) is 11.3. The summed E-state index contributed by atoms with van der Waals surface area (Å²) in [6, 6.07) is 12.9. The van der Waals surface area contributed by atoms with Crippen LogP contribution in [0.1, 0.15) is 24.4 Å². The van der Waals surface area contributed by atoms with Crippen LogP contribution in [0.25, 0.3) is 0 Å². The van der Waals surface area contributed by atoms with E-state index in [1.165, 1.54) is 18.2 Å². The van der Waals surface area contributed by atoms with Gasteiger partial charge in [-0.3, -0.25) is 10.1 Å². The molecule has 0 aliphatic heterocycles. The molecule has 0 bridgehead atoms. The molecule has 1 aliphatic rings. The fraction of sp³-hybridized carbons (Fsp3) is 0.250. The molecule has 5 heteroatoms. The van der Waals surface area contributed by atoms with Crippen molar-refractivity contribution < 1.29 is 9.31 Å². The van der Waals surface area contributed by atoms with Crippen LogP contribution in [0.2, 0.25) is 0 Å². The van der Waals surface area contributed by atoms with E-state index < -0.39 is 4.92 Å². The van der Waals surface area contributed by atoms with E-state index in [1.807, 2.05) is 0 Å². The smallest absolute Gasteiger partial charge is 0.292 e. The van der Waals surface area contributed by atoms with E-state index in [9.17, 15) is 14.5 Å². The number of rotatable bonds is 5. The zero-order chi connectivity index (χ0) is 14.8. The third-order valence-corrected chi connectivity index (χ3v) is 3.73. The second kappa shape index (κ2) is 5.52. The van der Waals surface area contributed by atoms with Gasteiger partial charge in [0.2, 0.25) is 0 Å². The number of para-hydroxylation sites is 2. The zero-order valence-corrected chi connectivity index (χ0v) is 11.3. The number of nitrogens with one attached hydrogen (secondary N) is 1. The predicted octanol–water partition coefficient (Wildman–Crippen LogP) is 4.30. The Kier molecular flexibility index (Phi) is 3.56. The van der Waals surface area contributed by atoms with Crippen molar-refractivity contribution in [3.63, 3.8) is 0 Å². The van der Waals surface area contributed by atoms with Crippen molar-refractivity contribution in [1.82, 2.24) is 0 Å². The Bertz CT molecular complexity index is 654. The van der Waals surface area contributed by atoms with Gasteiger partial charge in [-0.05, 0) is 42.5 Å². The summed E-state index contributed by atoms with van der Waals surface area (Å²) in [5.74, 6) is 0.161. The second-order valence-corrected chi connectivity index (χ2v) is 5.29. The highest BCUT2D eigenvalue weighted by Gasteiger charge is 2.33. The van der Waals surface area contributed by atoms with Crippen LogP contribution in [0.15, 0.2) is 48.5 Å². The van der Waals surface area contributed by atoms with Gasteiger partial charge in [-0.15, -0.1) is 0 Å². The van der Waals surface area contributed by atoms with Gasteiger partial charge >= 0.3 is 0 Å². The van der Waals surface area contributed by atoms with Crippen LogP contribution >= 0.6 is 0 Å². The summed E-state index contributed by atoms with van der Waals surface area (Å²) in [6.45, 7) is 0. The standard InChI is InChI=1S/C16H15FN2O2/c17-13-9-7-12(8-10-13)16(11-5-6-11)18-14-3-1-2-4-15(14)19(20)21/h1-4,7-11,16,18H,5-6H2. The molecule has 4 nitrogen and oxygen atoms in total. The lowest BCUT2D eigenvalue weighted by atomic mass is 10.0. The van der Waals surface area contributed by atoms with Crippen LogP contribution in [0.3, 0.4) is 0 Å². The van der Waals surface area contributed by atoms with E-state index >= 15 is 0 Å². The molecule has 1 atom stereocenters. The summed E-state index contributed by atoms with van der Waals surface area (Å²) < 4.78 is 13.1. The molecule has 0 heterocycles. The molecule has 1 N–H and O–H groups in total. The van der Waals surface area contributed by atoms with Crippen LogP contribution in [0.4, 0.5) is 15.8 Å². The van der Waals surface area contributed by atoms with E-state index in [0.29, 0.717) is 11.6 Å². The van der Waals surface area contributed by atoms with Gasteiger partial charge < -0.3 is 5.32 Å². The van der Waals surface area contributed by atoms with Crippen molar-refractivity contribution in [2.75, 3.05) is 5.32 Å². The molecule has 0 radical (unpaired) electrons. The highest BCUT2D eigenvalue weighted by atomic mass is 19.1. The maximum Gasteiger partial charge on any atom is 0.292 e. The Morgan fingerprint density at radius 3 is 2.43 bits per heavy atom. The van der Waals surface area contributed by atoms with Crippen molar-refractivity contribution in [2.45, 2.75) is 18.9 Å². The summed E-state index contributed by atoms with van der Waals surface area (Å²) in [7, 11) is 0. The molecular weight excluding hydrogens is 271 g/mol. The quantitative estimate of drug-likeness (QED) is 0.658. The Morgan fingerprint density at radius 1 is 1.14 bits per heavy atom. The lowest BCUT2D eigenvalue weighted by Crippen LogP contribution is -2.14. The SMILES string of the molecule is O=[N+]([O-])c1ccccc1NC(c1ccc(F)cc1)C1CC1. The average Bonchev–Trinajstić information content (AvgIpc) is 3.31. The number of benzene rings is 2. The minimum absolute atomic E-state index is 0.0216. The first kappa shape index (κ1) is 13.5. The van der Waals surface area contributed by atoms with E-state index in [4.69, 9.17) is 0 Å². The number of hydrogen-bond donors (Lipinski definition) is 1. The molecule has 1 saturated carbocycles. The third kappa shape index (κ3) is 3.02. The molecule has 108 valence electrons. The fourth-order valence-corrected chi connectivity index (χ4v) is 2.50. The third-order valence-electron chi connectivity index (χ3n) is 3.73. The molecule has 2 aromatic carbocycles. The van der Waals surface area contributed by atoms with Gasteiger partial charge in [-0.1, -0.05) is 24.3 Å². The fourth-order valence-electron chi connectivity index (χ4n) is 2.50. The lowest BCUT2D eigenvalue weighted by Gasteiger charge is -2.20. The van der Waals surface area contributed by atoms with Crippen LogP contribution in [0.5, 0.6) is 0 Å². The number of halogens is 1. The molecule has 1 aliphatic carbocycles. The van der Waals surface area contributed by atoms with Gasteiger partial charge in [0.05, 0.1) is 11.0 Å². The molecule has 1 fully saturated rings. The van der Waals surface area contributed by atoms with Gasteiger partial charge in [0.1, 0.15) is 11.5 Å². The summed E-state index contributed by atoms with van der Waals surface area (Å²) in [5, 5.41) is 14.3. The molecule has 2 aromatic rings. The molecule has 0 spiro atoms. The van der Waals surface area contributed by atoms with E-state index in [-0.39, 0.29) is 17.5 Å². The molecule has 21 heavy (non-hydrogen) atoms. The van der Waals surface area contributed by atoms with E-state index in [1.54, 1.807) is 30.3 Å². The monoisotopic (exact) mass is 286 g/mol. The van der Waals surface area contributed by atoms with Crippen molar-refractivity contribution in [1.29, 1.82) is 0 Å². The highest BCUT2D eigenvalue weighted by molar-refractivity contribution is 5.62. The van der Waals surface area contributed by atoms with Crippen molar-refractivity contribution in [3.8, 4) is 0 Å². The topological polar surface area (TPSA) is 55.2 Å². The van der Waals surface area contributed by atoms with Crippen molar-refractivity contribution >= 4 is 11.4 Å². The molecule has 1 unspecified atom stereocenters. The van der Waals surface area contributed by atoms with Gasteiger partial charge in [0.25, 0.3) is 5.69 Å². The minimum atomic E-state index is -0.392. The maximum atomic E-state index is 13.1. The molecule has 3 rings (SSSR count). The van der Waals surface area contributed by atoms with E-state index in [2.05, 4.69) is 5.32 Å². The average molecular weight is 286 g/mol. The minimum Gasteiger partial charge on any atom is -0.372 e. The Balaban J connectivity index is 1.90.